The van der Waals surface area contributed by atoms with Gasteiger partial charge < -0.3 is 14.8 Å². The summed E-state index contributed by atoms with van der Waals surface area (Å²) in [5.41, 5.74) is 2.61. The highest BCUT2D eigenvalue weighted by Gasteiger charge is 2.24. The number of methoxy groups -OCH3 is 1. The standard InChI is InChI=1S/C20H21NO5/c1-13-6-4-8-15(10-13)18(22)21-17(20(24)25-3)12-26-19(23)16-9-5-7-14(2)11-16/h4-11,17H,12H2,1-3H3,(H,21,22)/t17-/m0/s1. The molecule has 2 aromatic carbocycles. The smallest absolute Gasteiger partial charge is 0.338 e. The van der Waals surface area contributed by atoms with Crippen LogP contribution in [-0.4, -0.2) is 37.6 Å². The fourth-order valence-corrected chi connectivity index (χ4v) is 2.35. The van der Waals surface area contributed by atoms with E-state index < -0.39 is 23.9 Å². The maximum absolute atomic E-state index is 12.3. The van der Waals surface area contributed by atoms with Crippen LogP contribution in [-0.2, 0) is 14.3 Å². The highest BCUT2D eigenvalue weighted by Crippen LogP contribution is 2.07. The second-order valence-electron chi connectivity index (χ2n) is 5.89. The number of hydrogen-bond acceptors (Lipinski definition) is 5. The van der Waals surface area contributed by atoms with Gasteiger partial charge in [0.15, 0.2) is 6.04 Å². The van der Waals surface area contributed by atoms with E-state index in [1.807, 2.05) is 26.0 Å². The fraction of sp³-hybridized carbons (Fsp3) is 0.250. The molecule has 1 atom stereocenters. The van der Waals surface area contributed by atoms with Crippen molar-refractivity contribution < 1.29 is 23.9 Å². The number of rotatable bonds is 6. The van der Waals surface area contributed by atoms with Gasteiger partial charge in [-0.25, -0.2) is 9.59 Å². The highest BCUT2D eigenvalue weighted by atomic mass is 16.5. The van der Waals surface area contributed by atoms with Crippen LogP contribution in [0.1, 0.15) is 31.8 Å². The number of benzene rings is 2. The van der Waals surface area contributed by atoms with Gasteiger partial charge in [-0.15, -0.1) is 0 Å². The molecule has 0 radical (unpaired) electrons. The Morgan fingerprint density at radius 2 is 1.54 bits per heavy atom. The number of esters is 2. The van der Waals surface area contributed by atoms with Crippen molar-refractivity contribution in [2.45, 2.75) is 19.9 Å². The predicted molar refractivity (Wildman–Crippen MR) is 95.9 cm³/mol. The van der Waals surface area contributed by atoms with E-state index in [1.165, 1.54) is 7.11 Å². The summed E-state index contributed by atoms with van der Waals surface area (Å²) >= 11 is 0. The second-order valence-corrected chi connectivity index (χ2v) is 5.89. The molecular weight excluding hydrogens is 334 g/mol. The monoisotopic (exact) mass is 355 g/mol. The van der Waals surface area contributed by atoms with Gasteiger partial charge in [0.2, 0.25) is 0 Å². The molecule has 0 aliphatic heterocycles. The molecule has 0 unspecified atom stereocenters. The lowest BCUT2D eigenvalue weighted by Gasteiger charge is -2.17. The lowest BCUT2D eigenvalue weighted by atomic mass is 10.1. The van der Waals surface area contributed by atoms with Gasteiger partial charge in [0.1, 0.15) is 6.61 Å². The van der Waals surface area contributed by atoms with Crippen LogP contribution in [0.2, 0.25) is 0 Å². The van der Waals surface area contributed by atoms with Gasteiger partial charge in [-0.05, 0) is 38.1 Å². The van der Waals surface area contributed by atoms with Crippen molar-refractivity contribution in [1.82, 2.24) is 5.32 Å². The number of amides is 1. The maximum Gasteiger partial charge on any atom is 0.338 e. The van der Waals surface area contributed by atoms with Crippen molar-refractivity contribution in [2.75, 3.05) is 13.7 Å². The second kappa shape index (κ2) is 8.80. The van der Waals surface area contributed by atoms with Crippen LogP contribution >= 0.6 is 0 Å². The van der Waals surface area contributed by atoms with E-state index in [1.54, 1.807) is 36.4 Å². The predicted octanol–water partition coefficient (Wildman–Crippen LogP) is 2.43. The Bertz CT molecular complexity index is 815. The molecular formula is C20H21NO5. The zero-order valence-corrected chi connectivity index (χ0v) is 14.9. The first kappa shape index (κ1) is 19.2. The van der Waals surface area contributed by atoms with Crippen LogP contribution in [0.25, 0.3) is 0 Å². The molecule has 0 aromatic heterocycles. The molecule has 2 rings (SSSR count). The Morgan fingerprint density at radius 1 is 0.962 bits per heavy atom. The maximum atomic E-state index is 12.3. The van der Waals surface area contributed by atoms with Crippen LogP contribution in [0.4, 0.5) is 0 Å². The minimum absolute atomic E-state index is 0.322. The van der Waals surface area contributed by atoms with Crippen molar-refractivity contribution in [3.63, 3.8) is 0 Å². The third kappa shape index (κ3) is 5.17. The summed E-state index contributed by atoms with van der Waals surface area (Å²) in [6.45, 7) is 3.39. The van der Waals surface area contributed by atoms with Crippen molar-refractivity contribution in [1.29, 1.82) is 0 Å². The Labute approximate surface area is 152 Å². The zero-order chi connectivity index (χ0) is 19.1. The molecule has 136 valence electrons. The first-order valence-electron chi connectivity index (χ1n) is 8.10. The van der Waals surface area contributed by atoms with E-state index >= 15 is 0 Å². The highest BCUT2D eigenvalue weighted by molar-refractivity contribution is 5.97. The van der Waals surface area contributed by atoms with Crippen LogP contribution < -0.4 is 5.32 Å². The molecule has 0 fully saturated rings. The Balaban J connectivity index is 2.04. The molecule has 1 amide bonds. The average Bonchev–Trinajstić information content (AvgIpc) is 2.64. The number of nitrogens with one attached hydrogen (secondary N) is 1. The summed E-state index contributed by atoms with van der Waals surface area (Å²) in [5, 5.41) is 2.54. The first-order chi connectivity index (χ1) is 12.4. The summed E-state index contributed by atoms with van der Waals surface area (Å²) in [4.78, 5) is 36.4. The normalized spacial score (nSPS) is 11.3. The lowest BCUT2D eigenvalue weighted by molar-refractivity contribution is -0.143. The first-order valence-corrected chi connectivity index (χ1v) is 8.10. The molecule has 6 nitrogen and oxygen atoms in total. The summed E-state index contributed by atoms with van der Waals surface area (Å²) in [7, 11) is 1.20. The summed E-state index contributed by atoms with van der Waals surface area (Å²) in [6.07, 6.45) is 0. The molecule has 0 heterocycles. The van der Waals surface area contributed by atoms with Gasteiger partial charge in [-0.1, -0.05) is 35.4 Å². The molecule has 0 bridgehead atoms. The van der Waals surface area contributed by atoms with Crippen LogP contribution in [0.3, 0.4) is 0 Å². The van der Waals surface area contributed by atoms with E-state index in [2.05, 4.69) is 10.1 Å². The van der Waals surface area contributed by atoms with E-state index in [0.29, 0.717) is 11.1 Å². The largest absolute Gasteiger partial charge is 0.467 e. The number of ether oxygens (including phenoxy) is 2. The Kier molecular flexibility index (Phi) is 6.49. The quantitative estimate of drug-likeness (QED) is 0.805. The molecule has 0 aliphatic rings. The van der Waals surface area contributed by atoms with E-state index in [4.69, 9.17) is 4.74 Å². The molecule has 0 saturated carbocycles. The third-order valence-electron chi connectivity index (χ3n) is 3.71. The van der Waals surface area contributed by atoms with Crippen molar-refractivity contribution in [2.24, 2.45) is 0 Å². The Hall–Kier alpha value is -3.15. The number of carbonyl (C=O) groups is 3. The minimum Gasteiger partial charge on any atom is -0.467 e. The number of hydrogen-bond donors (Lipinski definition) is 1. The lowest BCUT2D eigenvalue weighted by Crippen LogP contribution is -2.45. The number of aryl methyl sites for hydroxylation is 2. The molecule has 0 aliphatic carbocycles. The van der Waals surface area contributed by atoms with Crippen molar-refractivity contribution >= 4 is 17.8 Å². The van der Waals surface area contributed by atoms with Gasteiger partial charge in [-0.2, -0.15) is 0 Å². The van der Waals surface area contributed by atoms with Gasteiger partial charge >= 0.3 is 11.9 Å². The van der Waals surface area contributed by atoms with Gasteiger partial charge in [-0.3, -0.25) is 4.79 Å². The zero-order valence-electron chi connectivity index (χ0n) is 14.9. The van der Waals surface area contributed by atoms with Gasteiger partial charge in [0.05, 0.1) is 12.7 Å². The van der Waals surface area contributed by atoms with Gasteiger partial charge in [0.25, 0.3) is 5.91 Å². The minimum atomic E-state index is -1.10. The summed E-state index contributed by atoms with van der Waals surface area (Å²) in [5.74, 6) is -1.72. The average molecular weight is 355 g/mol. The summed E-state index contributed by atoms with van der Waals surface area (Å²) in [6, 6.07) is 12.7. The molecule has 2 aromatic rings. The van der Waals surface area contributed by atoms with Crippen LogP contribution in [0.15, 0.2) is 48.5 Å². The molecule has 0 spiro atoms. The van der Waals surface area contributed by atoms with Crippen molar-refractivity contribution in [3.05, 3.63) is 70.8 Å². The third-order valence-corrected chi connectivity index (χ3v) is 3.71. The number of carbonyl (C=O) groups excluding carboxylic acids is 3. The molecule has 26 heavy (non-hydrogen) atoms. The Morgan fingerprint density at radius 3 is 2.12 bits per heavy atom. The molecule has 6 heteroatoms. The van der Waals surface area contributed by atoms with E-state index in [9.17, 15) is 14.4 Å². The fourth-order valence-electron chi connectivity index (χ4n) is 2.35. The van der Waals surface area contributed by atoms with Crippen LogP contribution in [0, 0.1) is 13.8 Å². The van der Waals surface area contributed by atoms with Crippen molar-refractivity contribution in [3.8, 4) is 0 Å². The SMILES string of the molecule is COC(=O)[C@H](COC(=O)c1cccc(C)c1)NC(=O)c1cccc(C)c1. The van der Waals surface area contributed by atoms with Gasteiger partial charge in [0, 0.05) is 5.56 Å². The summed E-state index contributed by atoms with van der Waals surface area (Å²) < 4.78 is 9.86. The van der Waals surface area contributed by atoms with Crippen LogP contribution in [0.5, 0.6) is 0 Å². The topological polar surface area (TPSA) is 81.7 Å². The molecule has 1 N–H and O–H groups in total. The van der Waals surface area contributed by atoms with E-state index in [-0.39, 0.29) is 6.61 Å². The molecule has 0 saturated heterocycles. The van der Waals surface area contributed by atoms with E-state index in [0.717, 1.165) is 11.1 Å².